The summed E-state index contributed by atoms with van der Waals surface area (Å²) < 4.78 is 2.14. The fourth-order valence-corrected chi connectivity index (χ4v) is 6.16. The minimum absolute atomic E-state index is 0. The second-order valence-electron chi connectivity index (χ2n) is 15.3. The van der Waals surface area contributed by atoms with Crippen molar-refractivity contribution in [3.8, 4) is 45.2 Å². The zero-order chi connectivity index (χ0) is 33.0. The van der Waals surface area contributed by atoms with Crippen LogP contribution >= 0.6 is 0 Å². The molecule has 4 aromatic carbocycles. The number of hydrogen-bond donors (Lipinski definition) is 1. The number of aromatic nitrogens is 3. The Morgan fingerprint density at radius 3 is 1.89 bits per heavy atom. The maximum atomic E-state index is 11.0. The average Bonchev–Trinajstić information content (AvgIpc) is 3.39. The molecule has 1 N–H and O–H groups in total. The number of imidazole rings is 1. The molecule has 0 aliphatic rings. The molecule has 4 nitrogen and oxygen atoms in total. The summed E-state index contributed by atoms with van der Waals surface area (Å²) in [4.78, 5) is 10.2. The van der Waals surface area contributed by atoms with Gasteiger partial charge in [-0.3, -0.25) is 9.55 Å². The third-order valence-electron chi connectivity index (χ3n) is 8.69. The molecular weight excluding hydrogens is 758 g/mol. The van der Waals surface area contributed by atoms with Crippen molar-refractivity contribution in [3.05, 3.63) is 120 Å². The van der Waals surface area contributed by atoms with Gasteiger partial charge in [0, 0.05) is 38.6 Å². The first-order valence-corrected chi connectivity index (χ1v) is 16.1. The zero-order valence-electron chi connectivity index (χ0n) is 28.8. The number of phenols is 1. The molecule has 0 spiro atoms. The number of aromatic hydroxyl groups is 1. The quantitative estimate of drug-likeness (QED) is 0.181. The molecule has 0 aliphatic carbocycles. The zero-order valence-corrected chi connectivity index (χ0v) is 31.1. The van der Waals surface area contributed by atoms with Crippen molar-refractivity contribution in [3.63, 3.8) is 0 Å². The van der Waals surface area contributed by atoms with E-state index in [9.17, 15) is 5.11 Å². The molecule has 5 heteroatoms. The maximum absolute atomic E-state index is 11.0. The van der Waals surface area contributed by atoms with Gasteiger partial charge in [-0.15, -0.1) is 28.8 Å². The van der Waals surface area contributed by atoms with Gasteiger partial charge in [-0.1, -0.05) is 122 Å². The molecule has 2 aromatic heterocycles. The second kappa shape index (κ2) is 12.5. The van der Waals surface area contributed by atoms with Gasteiger partial charge in [0.2, 0.25) is 0 Å². The van der Waals surface area contributed by atoms with Crippen molar-refractivity contribution in [2.75, 3.05) is 0 Å². The van der Waals surface area contributed by atoms with Crippen molar-refractivity contribution in [1.82, 2.24) is 14.5 Å². The Morgan fingerprint density at radius 1 is 0.638 bits per heavy atom. The number of fused-ring (bicyclic) bond motifs is 1. The fraction of sp³-hybridized carbons (Fsp3) is 0.286. The maximum Gasteiger partial charge on any atom is 0.148 e. The Hall–Kier alpha value is -4.01. The molecule has 6 rings (SSSR count). The van der Waals surface area contributed by atoms with Crippen LogP contribution in [0.2, 0.25) is 0 Å². The van der Waals surface area contributed by atoms with Gasteiger partial charge in [-0.2, -0.15) is 0 Å². The molecule has 0 amide bonds. The topological polar surface area (TPSA) is 50.9 Å². The SMILES string of the molecule is CC(C)(C)c1ccnc(-c2[c-]c(-c3cccc4c3nc(-c3ccccc3O)n4-c3ccccc3)c(C(C)(C)C)cc2C(C)(C)C)c1.[Pt]. The third-order valence-corrected chi connectivity index (χ3v) is 8.69. The predicted octanol–water partition coefficient (Wildman–Crippen LogP) is 10.8. The van der Waals surface area contributed by atoms with Crippen molar-refractivity contribution < 1.29 is 26.2 Å². The summed E-state index contributed by atoms with van der Waals surface area (Å²) in [5, 5.41) is 11.0. The minimum Gasteiger partial charge on any atom is -0.507 e. The van der Waals surface area contributed by atoms with E-state index < -0.39 is 0 Å². The van der Waals surface area contributed by atoms with Crippen LogP contribution in [0.4, 0.5) is 0 Å². The smallest absolute Gasteiger partial charge is 0.148 e. The van der Waals surface area contributed by atoms with E-state index in [1.54, 1.807) is 6.07 Å². The van der Waals surface area contributed by atoms with Crippen LogP contribution in [0.5, 0.6) is 5.75 Å². The molecule has 0 aliphatic heterocycles. The first-order chi connectivity index (χ1) is 21.6. The Kier molecular flexibility index (Phi) is 9.16. The molecule has 0 bridgehead atoms. The Bertz CT molecular complexity index is 2060. The van der Waals surface area contributed by atoms with E-state index in [0.717, 1.165) is 39.1 Å². The molecule has 244 valence electrons. The molecule has 6 aromatic rings. The Balaban J connectivity index is 0.00000433. The number of rotatable bonds is 4. The number of pyridine rings is 1. The predicted molar refractivity (Wildman–Crippen MR) is 192 cm³/mol. The van der Waals surface area contributed by atoms with Gasteiger partial charge >= 0.3 is 0 Å². The number of benzene rings is 4. The van der Waals surface area contributed by atoms with Crippen LogP contribution in [0.3, 0.4) is 0 Å². The van der Waals surface area contributed by atoms with Crippen molar-refractivity contribution in [2.45, 2.75) is 78.6 Å². The standard InChI is InChI=1S/C42H44N3O.Pt/c1-40(2,3)27-22-23-43-35(24-27)32-25-31(33(41(4,5)6)26-34(32)42(7,8)9)29-19-15-20-36-38(29)44-39(30-18-13-14-21-37(30)46)45(36)28-16-11-10-12-17-28;/h10-24,26,46H,1-9H3;/q-1;. The van der Waals surface area contributed by atoms with Crippen LogP contribution in [-0.4, -0.2) is 19.6 Å². The molecule has 47 heavy (non-hydrogen) atoms. The molecule has 0 unspecified atom stereocenters. The molecule has 2 heterocycles. The van der Waals surface area contributed by atoms with Crippen LogP contribution in [0.1, 0.15) is 79.0 Å². The molecular formula is C42H44N3OPt-. The van der Waals surface area contributed by atoms with Gasteiger partial charge in [0.1, 0.15) is 11.6 Å². The molecule has 0 radical (unpaired) electrons. The monoisotopic (exact) mass is 801 g/mol. The Morgan fingerprint density at radius 2 is 1.26 bits per heavy atom. The molecule has 0 atom stereocenters. The van der Waals surface area contributed by atoms with Crippen molar-refractivity contribution >= 4 is 11.0 Å². The Labute approximate surface area is 294 Å². The average molecular weight is 802 g/mol. The summed E-state index contributed by atoms with van der Waals surface area (Å²) in [7, 11) is 0. The van der Waals surface area contributed by atoms with Crippen molar-refractivity contribution in [2.24, 2.45) is 0 Å². The van der Waals surface area contributed by atoms with Gasteiger partial charge in [-0.05, 0) is 58.2 Å². The summed E-state index contributed by atoms with van der Waals surface area (Å²) in [6.07, 6.45) is 1.92. The second-order valence-corrected chi connectivity index (χ2v) is 15.3. The molecule has 0 saturated heterocycles. The van der Waals surface area contributed by atoms with Crippen LogP contribution < -0.4 is 0 Å². The van der Waals surface area contributed by atoms with Crippen LogP contribution in [-0.2, 0) is 37.3 Å². The first-order valence-electron chi connectivity index (χ1n) is 16.1. The summed E-state index contributed by atoms with van der Waals surface area (Å²) in [6, 6.07) is 34.7. The number of para-hydroxylation sites is 3. The van der Waals surface area contributed by atoms with Crippen LogP contribution in [0.15, 0.2) is 97.2 Å². The fourth-order valence-electron chi connectivity index (χ4n) is 6.16. The van der Waals surface area contributed by atoms with Gasteiger partial charge in [0.15, 0.2) is 0 Å². The van der Waals surface area contributed by atoms with E-state index in [4.69, 9.17) is 9.97 Å². The summed E-state index contributed by atoms with van der Waals surface area (Å²) >= 11 is 0. The number of nitrogens with zero attached hydrogens (tertiary/aromatic N) is 3. The van der Waals surface area contributed by atoms with E-state index in [-0.39, 0.29) is 43.1 Å². The number of hydrogen-bond acceptors (Lipinski definition) is 3. The molecule has 0 fully saturated rings. The largest absolute Gasteiger partial charge is 0.507 e. The first kappa shape index (κ1) is 34.3. The minimum atomic E-state index is -0.171. The van der Waals surface area contributed by atoms with Crippen molar-refractivity contribution in [1.29, 1.82) is 0 Å². The van der Waals surface area contributed by atoms with Gasteiger partial charge in [-0.25, -0.2) is 4.98 Å². The normalized spacial score (nSPS) is 12.3. The van der Waals surface area contributed by atoms with E-state index in [1.165, 1.54) is 16.7 Å². The number of phenolic OH excluding ortho intramolecular Hbond substituents is 1. The molecule has 0 saturated carbocycles. The van der Waals surface area contributed by atoms with E-state index >= 15 is 0 Å². The van der Waals surface area contributed by atoms with E-state index in [0.29, 0.717) is 11.4 Å². The third kappa shape index (κ3) is 6.58. The van der Waals surface area contributed by atoms with Gasteiger partial charge in [0.25, 0.3) is 0 Å². The van der Waals surface area contributed by atoms with E-state index in [2.05, 4.69) is 121 Å². The summed E-state index contributed by atoms with van der Waals surface area (Å²) in [5.41, 5.74) is 10.8. The summed E-state index contributed by atoms with van der Waals surface area (Å²) in [6.45, 7) is 20.3. The van der Waals surface area contributed by atoms with Crippen LogP contribution in [0, 0.1) is 6.07 Å². The van der Waals surface area contributed by atoms with Gasteiger partial charge < -0.3 is 5.11 Å². The van der Waals surface area contributed by atoms with Gasteiger partial charge in [0.05, 0.1) is 16.6 Å². The summed E-state index contributed by atoms with van der Waals surface area (Å²) in [5.74, 6) is 0.884. The van der Waals surface area contributed by atoms with Crippen LogP contribution in [0.25, 0.3) is 50.5 Å². The van der Waals surface area contributed by atoms with E-state index in [1.807, 2.05) is 42.6 Å².